The average Bonchev–Trinajstić information content (AvgIpc) is 2.55. The van der Waals surface area contributed by atoms with E-state index in [0.29, 0.717) is 16.9 Å². The van der Waals surface area contributed by atoms with Crippen LogP contribution in [-0.2, 0) is 15.1 Å². The van der Waals surface area contributed by atoms with Gasteiger partial charge in [0.15, 0.2) is 0 Å². The van der Waals surface area contributed by atoms with Crippen molar-refractivity contribution in [2.75, 3.05) is 13.7 Å². The molecular weight excluding hydrogens is 268 g/mol. The van der Waals surface area contributed by atoms with Crippen LogP contribution in [-0.4, -0.2) is 24.8 Å². The zero-order valence-electron chi connectivity index (χ0n) is 12.1. The summed E-state index contributed by atoms with van der Waals surface area (Å²) in [7, 11) is 1.56. The van der Waals surface area contributed by atoms with E-state index in [1.807, 2.05) is 6.07 Å². The third-order valence-electron chi connectivity index (χ3n) is 3.27. The van der Waals surface area contributed by atoms with Gasteiger partial charge in [0.2, 0.25) is 5.60 Å². The SMILES string of the molecule is CCOC(=O)C(O)(c1ccccc1)c1ccc(OC)cc1. The Labute approximate surface area is 123 Å². The average molecular weight is 286 g/mol. The fourth-order valence-corrected chi connectivity index (χ4v) is 2.15. The predicted octanol–water partition coefficient (Wildman–Crippen LogP) is 2.49. The van der Waals surface area contributed by atoms with Crippen molar-refractivity contribution in [3.63, 3.8) is 0 Å². The van der Waals surface area contributed by atoms with Crippen LogP contribution in [0.2, 0.25) is 0 Å². The van der Waals surface area contributed by atoms with Gasteiger partial charge in [-0.25, -0.2) is 4.79 Å². The second-order valence-electron chi connectivity index (χ2n) is 4.53. The van der Waals surface area contributed by atoms with Crippen molar-refractivity contribution in [1.29, 1.82) is 0 Å². The number of methoxy groups -OCH3 is 1. The number of carbonyl (C=O) groups excluding carboxylic acids is 1. The zero-order valence-corrected chi connectivity index (χ0v) is 12.1. The minimum Gasteiger partial charge on any atom is -0.497 e. The molecule has 0 spiro atoms. The normalized spacial score (nSPS) is 13.3. The summed E-state index contributed by atoms with van der Waals surface area (Å²) in [5.41, 5.74) is -0.926. The highest BCUT2D eigenvalue weighted by Gasteiger charge is 2.41. The molecule has 0 bridgehead atoms. The van der Waals surface area contributed by atoms with Crippen LogP contribution in [0.15, 0.2) is 54.6 Å². The van der Waals surface area contributed by atoms with E-state index in [2.05, 4.69) is 0 Å². The molecule has 21 heavy (non-hydrogen) atoms. The van der Waals surface area contributed by atoms with E-state index in [1.165, 1.54) is 0 Å². The van der Waals surface area contributed by atoms with Crippen molar-refractivity contribution in [3.05, 3.63) is 65.7 Å². The number of hydrogen-bond donors (Lipinski definition) is 1. The van der Waals surface area contributed by atoms with Crippen LogP contribution in [0, 0.1) is 0 Å². The third-order valence-corrected chi connectivity index (χ3v) is 3.27. The summed E-state index contributed by atoms with van der Waals surface area (Å²) in [4.78, 5) is 12.3. The van der Waals surface area contributed by atoms with Gasteiger partial charge in [-0.15, -0.1) is 0 Å². The monoisotopic (exact) mass is 286 g/mol. The van der Waals surface area contributed by atoms with Gasteiger partial charge in [0.1, 0.15) is 5.75 Å². The number of hydrogen-bond acceptors (Lipinski definition) is 4. The van der Waals surface area contributed by atoms with Gasteiger partial charge in [-0.05, 0) is 30.2 Å². The molecule has 0 saturated heterocycles. The summed E-state index contributed by atoms with van der Waals surface area (Å²) >= 11 is 0. The van der Waals surface area contributed by atoms with Crippen LogP contribution in [0.25, 0.3) is 0 Å². The van der Waals surface area contributed by atoms with Crippen LogP contribution in [0.1, 0.15) is 18.1 Å². The van der Waals surface area contributed by atoms with E-state index >= 15 is 0 Å². The number of benzene rings is 2. The minimum absolute atomic E-state index is 0.199. The summed E-state index contributed by atoms with van der Waals surface area (Å²) < 4.78 is 10.1. The lowest BCUT2D eigenvalue weighted by molar-refractivity contribution is -0.161. The summed E-state index contributed by atoms with van der Waals surface area (Å²) in [5, 5.41) is 11.0. The van der Waals surface area contributed by atoms with Crippen molar-refractivity contribution in [1.82, 2.24) is 0 Å². The van der Waals surface area contributed by atoms with Crippen molar-refractivity contribution >= 4 is 5.97 Å². The van der Waals surface area contributed by atoms with Crippen LogP contribution in [0.3, 0.4) is 0 Å². The van der Waals surface area contributed by atoms with Gasteiger partial charge < -0.3 is 14.6 Å². The maximum atomic E-state index is 12.3. The number of carbonyl (C=O) groups is 1. The highest BCUT2D eigenvalue weighted by molar-refractivity contribution is 5.85. The molecule has 0 aliphatic rings. The molecule has 0 aromatic heterocycles. The van der Waals surface area contributed by atoms with Gasteiger partial charge in [0.05, 0.1) is 13.7 Å². The highest BCUT2D eigenvalue weighted by atomic mass is 16.5. The first-order valence-electron chi connectivity index (χ1n) is 6.72. The first-order valence-corrected chi connectivity index (χ1v) is 6.72. The number of aliphatic hydroxyl groups is 1. The van der Waals surface area contributed by atoms with E-state index in [-0.39, 0.29) is 6.61 Å². The molecule has 0 heterocycles. The number of rotatable bonds is 5. The number of esters is 1. The summed E-state index contributed by atoms with van der Waals surface area (Å²) in [5.74, 6) is -0.0422. The molecule has 0 fully saturated rings. The molecule has 0 saturated carbocycles. The van der Waals surface area contributed by atoms with Crippen LogP contribution >= 0.6 is 0 Å². The fraction of sp³-hybridized carbons (Fsp3) is 0.235. The van der Waals surface area contributed by atoms with Gasteiger partial charge in [-0.1, -0.05) is 42.5 Å². The van der Waals surface area contributed by atoms with E-state index < -0.39 is 11.6 Å². The largest absolute Gasteiger partial charge is 0.497 e. The lowest BCUT2D eigenvalue weighted by atomic mass is 9.86. The molecule has 2 aromatic rings. The van der Waals surface area contributed by atoms with Gasteiger partial charge in [-0.3, -0.25) is 0 Å². The lowest BCUT2D eigenvalue weighted by Gasteiger charge is -2.27. The standard InChI is InChI=1S/C17H18O4/c1-3-21-16(18)17(19,13-7-5-4-6-8-13)14-9-11-15(20-2)12-10-14/h4-12,19H,3H2,1-2H3. The van der Waals surface area contributed by atoms with Crippen LogP contribution < -0.4 is 4.74 Å². The Morgan fingerprint density at radius 1 is 1.05 bits per heavy atom. The molecule has 1 atom stereocenters. The lowest BCUT2D eigenvalue weighted by Crippen LogP contribution is -2.38. The van der Waals surface area contributed by atoms with Gasteiger partial charge in [0.25, 0.3) is 0 Å². The Morgan fingerprint density at radius 2 is 1.62 bits per heavy atom. The van der Waals surface area contributed by atoms with Crippen molar-refractivity contribution in [2.45, 2.75) is 12.5 Å². The summed E-state index contributed by atoms with van der Waals surface area (Å²) in [6.07, 6.45) is 0. The maximum Gasteiger partial charge on any atom is 0.347 e. The van der Waals surface area contributed by atoms with E-state index in [9.17, 15) is 9.90 Å². The fourth-order valence-electron chi connectivity index (χ4n) is 2.15. The first-order chi connectivity index (χ1) is 10.1. The number of ether oxygens (including phenoxy) is 2. The molecule has 2 aromatic carbocycles. The maximum absolute atomic E-state index is 12.3. The molecule has 110 valence electrons. The Morgan fingerprint density at radius 3 is 2.14 bits per heavy atom. The van der Waals surface area contributed by atoms with Gasteiger partial charge in [0, 0.05) is 0 Å². The van der Waals surface area contributed by atoms with E-state index in [4.69, 9.17) is 9.47 Å². The van der Waals surface area contributed by atoms with Crippen molar-refractivity contribution < 1.29 is 19.4 Å². The summed E-state index contributed by atoms with van der Waals surface area (Å²) in [6.45, 7) is 1.90. The third kappa shape index (κ3) is 2.90. The Hall–Kier alpha value is -2.33. The molecule has 2 rings (SSSR count). The minimum atomic E-state index is -1.83. The Bertz CT molecular complexity index is 592. The molecule has 4 nitrogen and oxygen atoms in total. The predicted molar refractivity (Wildman–Crippen MR) is 79.1 cm³/mol. The highest BCUT2D eigenvalue weighted by Crippen LogP contribution is 2.32. The Balaban J connectivity index is 2.52. The van der Waals surface area contributed by atoms with Gasteiger partial charge >= 0.3 is 5.97 Å². The molecule has 0 aliphatic heterocycles. The van der Waals surface area contributed by atoms with Gasteiger partial charge in [-0.2, -0.15) is 0 Å². The smallest absolute Gasteiger partial charge is 0.347 e. The molecule has 1 unspecified atom stereocenters. The quantitative estimate of drug-likeness (QED) is 0.858. The molecule has 0 aliphatic carbocycles. The first kappa shape index (κ1) is 15.1. The molecule has 0 radical (unpaired) electrons. The zero-order chi connectivity index (χ0) is 15.3. The van der Waals surface area contributed by atoms with Crippen molar-refractivity contribution in [2.24, 2.45) is 0 Å². The molecule has 4 heteroatoms. The summed E-state index contributed by atoms with van der Waals surface area (Å²) in [6, 6.07) is 15.5. The topological polar surface area (TPSA) is 55.8 Å². The van der Waals surface area contributed by atoms with E-state index in [1.54, 1.807) is 62.6 Å². The van der Waals surface area contributed by atoms with Crippen molar-refractivity contribution in [3.8, 4) is 5.75 Å². The molecule has 0 amide bonds. The Kier molecular flexibility index (Phi) is 4.60. The van der Waals surface area contributed by atoms with E-state index in [0.717, 1.165) is 0 Å². The van der Waals surface area contributed by atoms with Crippen LogP contribution in [0.4, 0.5) is 0 Å². The second-order valence-corrected chi connectivity index (χ2v) is 4.53. The van der Waals surface area contributed by atoms with Crippen LogP contribution in [0.5, 0.6) is 5.75 Å². The molecule has 1 N–H and O–H groups in total. The second kappa shape index (κ2) is 6.41. The molecular formula is C17H18O4.